The Morgan fingerprint density at radius 2 is 2.00 bits per heavy atom. The van der Waals surface area contributed by atoms with E-state index in [1.807, 2.05) is 44.2 Å². The van der Waals surface area contributed by atoms with Crippen LogP contribution in [0.2, 0.25) is 0 Å². The van der Waals surface area contributed by atoms with Crippen molar-refractivity contribution >= 4 is 5.91 Å². The molecule has 1 heterocycles. The number of rotatable bonds is 10. The minimum absolute atomic E-state index is 0.152. The van der Waals surface area contributed by atoms with Crippen molar-refractivity contribution in [3.63, 3.8) is 0 Å². The average molecular weight is 345 g/mol. The van der Waals surface area contributed by atoms with Crippen LogP contribution in [0.1, 0.15) is 39.1 Å². The molecular weight excluding hydrogens is 318 g/mol. The maximum absolute atomic E-state index is 12.3. The molecule has 0 aliphatic heterocycles. The monoisotopic (exact) mass is 345 g/mol. The number of ether oxygens (including phenoxy) is 2. The lowest BCUT2D eigenvalue weighted by atomic mass is 10.2. The third kappa shape index (κ3) is 5.69. The first-order chi connectivity index (χ1) is 12.2. The van der Waals surface area contributed by atoms with Crippen LogP contribution in [-0.4, -0.2) is 41.8 Å². The molecule has 0 saturated carbocycles. The third-order valence-corrected chi connectivity index (χ3v) is 3.90. The number of H-pyrrole nitrogens is 1. The fourth-order valence-electron chi connectivity index (χ4n) is 2.43. The van der Waals surface area contributed by atoms with Crippen molar-refractivity contribution < 1.29 is 14.3 Å². The minimum Gasteiger partial charge on any atom is -0.379 e. The van der Waals surface area contributed by atoms with Crippen LogP contribution in [0, 0.1) is 0 Å². The van der Waals surface area contributed by atoms with E-state index in [1.165, 1.54) is 0 Å². The molecule has 0 aliphatic carbocycles. The molecule has 1 amide bonds. The summed E-state index contributed by atoms with van der Waals surface area (Å²) in [7, 11) is 0. The van der Waals surface area contributed by atoms with Crippen LogP contribution in [0.3, 0.4) is 0 Å². The number of benzene rings is 1. The number of aromatic amines is 1. The smallest absolute Gasteiger partial charge is 0.249 e. The Kier molecular flexibility index (Phi) is 7.63. The van der Waals surface area contributed by atoms with Gasteiger partial charge in [0.05, 0.1) is 31.1 Å². The number of imidazole rings is 1. The molecule has 25 heavy (non-hydrogen) atoms. The lowest BCUT2D eigenvalue weighted by Crippen LogP contribution is -2.37. The van der Waals surface area contributed by atoms with Gasteiger partial charge in [0, 0.05) is 6.61 Å². The van der Waals surface area contributed by atoms with Crippen LogP contribution in [-0.2, 0) is 14.3 Å². The Bertz CT molecular complexity index is 642. The second-order valence-electron chi connectivity index (χ2n) is 5.73. The van der Waals surface area contributed by atoms with Gasteiger partial charge in [-0.3, -0.25) is 4.79 Å². The fraction of sp³-hybridized carbons (Fsp3) is 0.474. The van der Waals surface area contributed by atoms with Crippen molar-refractivity contribution in [1.29, 1.82) is 0 Å². The molecule has 1 aromatic heterocycles. The molecular formula is C19H27N3O3. The normalized spacial score (nSPS) is 13.4. The van der Waals surface area contributed by atoms with Gasteiger partial charge in [0.15, 0.2) is 0 Å². The molecule has 2 unspecified atom stereocenters. The van der Waals surface area contributed by atoms with Gasteiger partial charge in [0.2, 0.25) is 5.91 Å². The number of nitrogens with zero attached hydrogens (tertiary/aromatic N) is 1. The van der Waals surface area contributed by atoms with E-state index in [4.69, 9.17) is 9.47 Å². The van der Waals surface area contributed by atoms with Gasteiger partial charge in [0.1, 0.15) is 11.9 Å². The molecule has 136 valence electrons. The Balaban J connectivity index is 1.93. The number of carbonyl (C=O) groups is 1. The predicted octanol–water partition coefficient (Wildman–Crippen LogP) is 3.09. The minimum atomic E-state index is -0.530. The first kappa shape index (κ1) is 19.1. The molecule has 6 nitrogen and oxygen atoms in total. The zero-order valence-corrected chi connectivity index (χ0v) is 15.1. The van der Waals surface area contributed by atoms with Crippen LogP contribution in [0.15, 0.2) is 36.5 Å². The van der Waals surface area contributed by atoms with E-state index in [-0.39, 0.29) is 11.9 Å². The number of carbonyl (C=O) groups excluding carboxylic acids is 1. The summed E-state index contributed by atoms with van der Waals surface area (Å²) in [5, 5.41) is 2.99. The van der Waals surface area contributed by atoms with Crippen molar-refractivity contribution in [3.8, 4) is 11.3 Å². The molecule has 2 N–H and O–H groups in total. The first-order valence-electron chi connectivity index (χ1n) is 8.75. The molecule has 0 radical (unpaired) electrons. The van der Waals surface area contributed by atoms with Crippen molar-refractivity contribution in [3.05, 3.63) is 42.4 Å². The number of hydrogen-bond donors (Lipinski definition) is 2. The Morgan fingerprint density at radius 3 is 2.68 bits per heavy atom. The van der Waals surface area contributed by atoms with Gasteiger partial charge in [-0.05, 0) is 25.8 Å². The molecule has 0 spiro atoms. The first-order valence-corrected chi connectivity index (χ1v) is 8.75. The van der Waals surface area contributed by atoms with E-state index in [0.29, 0.717) is 19.8 Å². The van der Waals surface area contributed by atoms with Crippen molar-refractivity contribution in [2.75, 3.05) is 19.8 Å². The van der Waals surface area contributed by atoms with E-state index in [2.05, 4.69) is 15.3 Å². The summed E-state index contributed by atoms with van der Waals surface area (Å²) in [5.74, 6) is 0.595. The SMILES string of the molecule is CCOCCOC(C)C(=O)NC(CC)c1ncc(-c2ccccc2)[nH]1. The molecule has 2 aromatic rings. The van der Waals surface area contributed by atoms with Crippen LogP contribution in [0.25, 0.3) is 11.3 Å². The molecule has 0 bridgehead atoms. The molecule has 2 rings (SSSR count). The van der Waals surface area contributed by atoms with Crippen LogP contribution < -0.4 is 5.32 Å². The van der Waals surface area contributed by atoms with E-state index < -0.39 is 6.10 Å². The number of amides is 1. The van der Waals surface area contributed by atoms with Crippen LogP contribution >= 0.6 is 0 Å². The summed E-state index contributed by atoms with van der Waals surface area (Å²) in [6.07, 6.45) is 2.00. The lowest BCUT2D eigenvalue weighted by Gasteiger charge is -2.18. The van der Waals surface area contributed by atoms with Gasteiger partial charge in [-0.1, -0.05) is 37.3 Å². The highest BCUT2D eigenvalue weighted by Crippen LogP contribution is 2.20. The highest BCUT2D eigenvalue weighted by atomic mass is 16.5. The largest absolute Gasteiger partial charge is 0.379 e. The van der Waals surface area contributed by atoms with Crippen LogP contribution in [0.5, 0.6) is 0 Å². The fourth-order valence-corrected chi connectivity index (χ4v) is 2.43. The Hall–Kier alpha value is -2.18. The zero-order valence-electron chi connectivity index (χ0n) is 15.1. The van der Waals surface area contributed by atoms with Gasteiger partial charge in [0.25, 0.3) is 0 Å². The van der Waals surface area contributed by atoms with Crippen LogP contribution in [0.4, 0.5) is 0 Å². The van der Waals surface area contributed by atoms with Gasteiger partial charge < -0.3 is 19.8 Å². The lowest BCUT2D eigenvalue weighted by molar-refractivity contribution is -0.133. The van der Waals surface area contributed by atoms with Crippen molar-refractivity contribution in [2.24, 2.45) is 0 Å². The number of aromatic nitrogens is 2. The summed E-state index contributed by atoms with van der Waals surface area (Å²) in [6, 6.07) is 9.80. The summed E-state index contributed by atoms with van der Waals surface area (Å²) in [5.41, 5.74) is 2.00. The molecule has 1 aromatic carbocycles. The molecule has 6 heteroatoms. The summed E-state index contributed by atoms with van der Waals surface area (Å²) in [6.45, 7) is 7.21. The molecule has 2 atom stereocenters. The summed E-state index contributed by atoms with van der Waals surface area (Å²) in [4.78, 5) is 20.0. The topological polar surface area (TPSA) is 76.2 Å². The second-order valence-corrected chi connectivity index (χ2v) is 5.73. The van der Waals surface area contributed by atoms with E-state index in [9.17, 15) is 4.79 Å². The quantitative estimate of drug-likeness (QED) is 0.649. The number of hydrogen-bond acceptors (Lipinski definition) is 4. The molecule has 0 fully saturated rings. The summed E-state index contributed by atoms with van der Waals surface area (Å²) < 4.78 is 10.7. The van der Waals surface area contributed by atoms with Gasteiger partial charge in [-0.25, -0.2) is 4.98 Å². The maximum Gasteiger partial charge on any atom is 0.249 e. The van der Waals surface area contributed by atoms with Crippen molar-refractivity contribution in [1.82, 2.24) is 15.3 Å². The van der Waals surface area contributed by atoms with Gasteiger partial charge >= 0.3 is 0 Å². The molecule has 0 saturated heterocycles. The zero-order chi connectivity index (χ0) is 18.1. The van der Waals surface area contributed by atoms with Crippen molar-refractivity contribution in [2.45, 2.75) is 39.3 Å². The molecule has 0 aliphatic rings. The standard InChI is InChI=1S/C19H27N3O3/c1-4-16(22-19(23)14(3)25-12-11-24-5-2)18-20-13-17(21-18)15-9-7-6-8-10-15/h6-10,13-14,16H,4-5,11-12H2,1-3H3,(H,20,21)(H,22,23). The Labute approximate surface area is 149 Å². The third-order valence-electron chi connectivity index (χ3n) is 3.90. The summed E-state index contributed by atoms with van der Waals surface area (Å²) >= 11 is 0. The predicted molar refractivity (Wildman–Crippen MR) is 97.1 cm³/mol. The van der Waals surface area contributed by atoms with E-state index in [0.717, 1.165) is 23.5 Å². The maximum atomic E-state index is 12.3. The average Bonchev–Trinajstić information content (AvgIpc) is 3.13. The van der Waals surface area contributed by atoms with Gasteiger partial charge in [-0.2, -0.15) is 0 Å². The highest BCUT2D eigenvalue weighted by Gasteiger charge is 2.20. The Morgan fingerprint density at radius 1 is 1.24 bits per heavy atom. The number of nitrogens with one attached hydrogen (secondary N) is 2. The van der Waals surface area contributed by atoms with E-state index >= 15 is 0 Å². The van der Waals surface area contributed by atoms with Gasteiger partial charge in [-0.15, -0.1) is 0 Å². The second kappa shape index (κ2) is 9.96. The van der Waals surface area contributed by atoms with E-state index in [1.54, 1.807) is 13.1 Å². The highest BCUT2D eigenvalue weighted by molar-refractivity contribution is 5.80.